The van der Waals surface area contributed by atoms with Gasteiger partial charge < -0.3 is 10.4 Å². The number of rotatable bonds is 6. The molecule has 0 saturated heterocycles. The number of carbonyl (C=O) groups is 2. The molecule has 0 unspecified atom stereocenters. The molecule has 9 heteroatoms. The molecule has 0 radical (unpaired) electrons. The first kappa shape index (κ1) is 16.3. The third-order valence-electron chi connectivity index (χ3n) is 2.21. The van der Waals surface area contributed by atoms with Crippen LogP contribution in [0.15, 0.2) is 23.1 Å². The van der Waals surface area contributed by atoms with Gasteiger partial charge in [-0.2, -0.15) is 0 Å². The van der Waals surface area contributed by atoms with E-state index < -0.39 is 22.8 Å². The lowest BCUT2D eigenvalue weighted by molar-refractivity contribution is -0.384. The smallest absolute Gasteiger partial charge is 0.327 e. The van der Waals surface area contributed by atoms with Crippen molar-refractivity contribution in [2.75, 3.05) is 5.75 Å². The van der Waals surface area contributed by atoms with E-state index in [1.54, 1.807) is 6.07 Å². The summed E-state index contributed by atoms with van der Waals surface area (Å²) in [4.78, 5) is 32.4. The van der Waals surface area contributed by atoms with Crippen LogP contribution in [0.5, 0.6) is 0 Å². The standard InChI is InChI=1S/C11H11ClN2O5S/c1-6(15)13-9(11(16)17)5-20-7-2-3-8(12)10(4-7)14(18)19/h2-4,9H,5H2,1H3,(H,13,15)(H,16,17)/t9-/m0/s1. The maximum atomic E-state index is 10.9. The molecule has 1 rings (SSSR count). The van der Waals surface area contributed by atoms with E-state index in [-0.39, 0.29) is 16.5 Å². The van der Waals surface area contributed by atoms with E-state index in [1.165, 1.54) is 19.1 Å². The van der Waals surface area contributed by atoms with Gasteiger partial charge in [-0.25, -0.2) is 4.79 Å². The molecule has 1 aromatic carbocycles. The van der Waals surface area contributed by atoms with Crippen LogP contribution in [0.3, 0.4) is 0 Å². The normalized spacial score (nSPS) is 11.7. The average molecular weight is 319 g/mol. The molecule has 0 aliphatic rings. The van der Waals surface area contributed by atoms with Crippen molar-refractivity contribution >= 4 is 40.9 Å². The van der Waals surface area contributed by atoms with Crippen LogP contribution in [0.4, 0.5) is 5.69 Å². The summed E-state index contributed by atoms with van der Waals surface area (Å²) in [5.41, 5.74) is -0.247. The molecule has 0 saturated carbocycles. The monoisotopic (exact) mass is 318 g/mol. The zero-order valence-corrected chi connectivity index (χ0v) is 11.9. The Morgan fingerprint density at radius 3 is 2.70 bits per heavy atom. The van der Waals surface area contributed by atoms with E-state index in [0.29, 0.717) is 4.90 Å². The number of nitro groups is 1. The number of nitrogens with zero attached hydrogens (tertiary/aromatic N) is 1. The lowest BCUT2D eigenvalue weighted by atomic mass is 10.3. The van der Waals surface area contributed by atoms with Gasteiger partial charge in [0.15, 0.2) is 0 Å². The van der Waals surface area contributed by atoms with Crippen LogP contribution in [0.2, 0.25) is 5.02 Å². The number of halogens is 1. The van der Waals surface area contributed by atoms with Gasteiger partial charge in [0.1, 0.15) is 11.1 Å². The summed E-state index contributed by atoms with van der Waals surface area (Å²) in [6.45, 7) is 1.22. The molecular formula is C11H11ClN2O5S. The Morgan fingerprint density at radius 2 is 2.20 bits per heavy atom. The molecule has 20 heavy (non-hydrogen) atoms. The van der Waals surface area contributed by atoms with E-state index in [0.717, 1.165) is 11.8 Å². The van der Waals surface area contributed by atoms with Gasteiger partial charge in [0.05, 0.1) is 4.92 Å². The summed E-state index contributed by atoms with van der Waals surface area (Å²) >= 11 is 6.75. The second-order valence-corrected chi connectivity index (χ2v) is 5.27. The van der Waals surface area contributed by atoms with Gasteiger partial charge in [0.2, 0.25) is 5.91 Å². The largest absolute Gasteiger partial charge is 0.480 e. The number of amides is 1. The minimum atomic E-state index is -1.17. The molecule has 1 aromatic rings. The Kier molecular flexibility index (Phi) is 5.78. The van der Waals surface area contributed by atoms with Crippen LogP contribution in [0.25, 0.3) is 0 Å². The molecule has 1 amide bonds. The number of benzene rings is 1. The first-order valence-electron chi connectivity index (χ1n) is 5.38. The van der Waals surface area contributed by atoms with Gasteiger partial charge in [-0.15, -0.1) is 11.8 Å². The van der Waals surface area contributed by atoms with Gasteiger partial charge in [0, 0.05) is 23.6 Å². The van der Waals surface area contributed by atoms with Crippen molar-refractivity contribution in [3.63, 3.8) is 0 Å². The van der Waals surface area contributed by atoms with Crippen LogP contribution < -0.4 is 5.32 Å². The summed E-state index contributed by atoms with van der Waals surface area (Å²) in [6, 6.07) is 3.12. The fourth-order valence-electron chi connectivity index (χ4n) is 1.32. The Hall–Kier alpha value is -1.80. The van der Waals surface area contributed by atoms with Crippen LogP contribution in [0.1, 0.15) is 6.92 Å². The second kappa shape index (κ2) is 7.11. The van der Waals surface area contributed by atoms with Crippen molar-refractivity contribution in [2.24, 2.45) is 0 Å². The number of thioether (sulfide) groups is 1. The molecule has 108 valence electrons. The number of nitrogens with one attached hydrogen (secondary N) is 1. The van der Waals surface area contributed by atoms with Crippen molar-refractivity contribution in [3.05, 3.63) is 33.3 Å². The first-order valence-corrected chi connectivity index (χ1v) is 6.74. The van der Waals surface area contributed by atoms with Crippen LogP contribution >= 0.6 is 23.4 Å². The van der Waals surface area contributed by atoms with Crippen LogP contribution in [-0.4, -0.2) is 33.7 Å². The molecule has 0 heterocycles. The number of hydrogen-bond donors (Lipinski definition) is 2. The predicted octanol–water partition coefficient (Wildman–Crippen LogP) is 1.93. The molecule has 0 spiro atoms. The minimum absolute atomic E-state index is 0.0102. The lowest BCUT2D eigenvalue weighted by Gasteiger charge is -2.12. The summed E-state index contributed by atoms with van der Waals surface area (Å²) in [7, 11) is 0. The first-order chi connectivity index (χ1) is 9.31. The van der Waals surface area contributed by atoms with E-state index in [2.05, 4.69) is 5.32 Å². The molecule has 1 atom stereocenters. The molecule has 0 aromatic heterocycles. The van der Waals surface area contributed by atoms with Crippen molar-refractivity contribution in [1.82, 2.24) is 5.32 Å². The van der Waals surface area contributed by atoms with Gasteiger partial charge in [-0.1, -0.05) is 11.6 Å². The Labute approximate surface area is 123 Å². The number of hydrogen-bond acceptors (Lipinski definition) is 5. The number of carbonyl (C=O) groups excluding carboxylic acids is 1. The van der Waals surface area contributed by atoms with Crippen LogP contribution in [0, 0.1) is 10.1 Å². The van der Waals surface area contributed by atoms with Crippen LogP contribution in [-0.2, 0) is 9.59 Å². The van der Waals surface area contributed by atoms with E-state index in [1.807, 2.05) is 0 Å². The molecule has 7 nitrogen and oxygen atoms in total. The Morgan fingerprint density at radius 1 is 1.55 bits per heavy atom. The highest BCUT2D eigenvalue weighted by Crippen LogP contribution is 2.30. The summed E-state index contributed by atoms with van der Waals surface area (Å²) in [5.74, 6) is -1.58. The van der Waals surface area contributed by atoms with Gasteiger partial charge in [-0.3, -0.25) is 14.9 Å². The third-order valence-corrected chi connectivity index (χ3v) is 3.61. The van der Waals surface area contributed by atoms with Crippen molar-refractivity contribution in [2.45, 2.75) is 17.9 Å². The summed E-state index contributed by atoms with van der Waals surface area (Å²) < 4.78 is 0. The predicted molar refractivity (Wildman–Crippen MR) is 74.1 cm³/mol. The third kappa shape index (κ3) is 4.71. The molecule has 0 bridgehead atoms. The van der Waals surface area contributed by atoms with E-state index >= 15 is 0 Å². The summed E-state index contributed by atoms with van der Waals surface area (Å²) in [5, 5.41) is 21.9. The van der Waals surface area contributed by atoms with Crippen molar-refractivity contribution in [3.8, 4) is 0 Å². The topological polar surface area (TPSA) is 110 Å². The van der Waals surface area contributed by atoms with Crippen molar-refractivity contribution in [1.29, 1.82) is 0 Å². The maximum Gasteiger partial charge on any atom is 0.327 e. The molecular weight excluding hydrogens is 308 g/mol. The molecule has 0 aliphatic carbocycles. The Bertz CT molecular complexity index is 552. The minimum Gasteiger partial charge on any atom is -0.480 e. The highest BCUT2D eigenvalue weighted by atomic mass is 35.5. The SMILES string of the molecule is CC(=O)N[C@@H](CSc1ccc(Cl)c([N+](=O)[O-])c1)C(=O)O. The lowest BCUT2D eigenvalue weighted by Crippen LogP contribution is -2.41. The van der Waals surface area contributed by atoms with Gasteiger partial charge in [0.25, 0.3) is 5.69 Å². The second-order valence-electron chi connectivity index (χ2n) is 3.77. The van der Waals surface area contributed by atoms with Gasteiger partial charge in [-0.05, 0) is 12.1 Å². The molecule has 2 N–H and O–H groups in total. The average Bonchev–Trinajstić information content (AvgIpc) is 2.34. The highest BCUT2D eigenvalue weighted by Gasteiger charge is 2.19. The summed E-state index contributed by atoms with van der Waals surface area (Å²) in [6.07, 6.45) is 0. The fraction of sp³-hybridized carbons (Fsp3) is 0.273. The maximum absolute atomic E-state index is 10.9. The highest BCUT2D eigenvalue weighted by molar-refractivity contribution is 7.99. The Balaban J connectivity index is 2.78. The number of aliphatic carboxylic acids is 1. The number of nitro benzene ring substituents is 1. The van der Waals surface area contributed by atoms with Crippen molar-refractivity contribution < 1.29 is 19.6 Å². The molecule has 0 fully saturated rings. The molecule has 0 aliphatic heterocycles. The number of carboxylic acid groups (broad SMARTS) is 1. The van der Waals surface area contributed by atoms with E-state index in [9.17, 15) is 19.7 Å². The fourth-order valence-corrected chi connectivity index (χ4v) is 2.45. The van der Waals surface area contributed by atoms with Gasteiger partial charge >= 0.3 is 5.97 Å². The van der Waals surface area contributed by atoms with E-state index in [4.69, 9.17) is 16.7 Å². The quantitative estimate of drug-likeness (QED) is 0.471. The number of carboxylic acids is 1. The zero-order chi connectivity index (χ0) is 15.3. The zero-order valence-electron chi connectivity index (χ0n) is 10.3.